The fourth-order valence-electron chi connectivity index (χ4n) is 4.54. The molecule has 7 nitrogen and oxygen atoms in total. The minimum atomic E-state index is -4.01. The zero-order valence-electron chi connectivity index (χ0n) is 19.4. The number of carbonyl (C=O) groups is 1. The molecule has 1 amide bonds. The Balaban J connectivity index is 1.65. The van der Waals surface area contributed by atoms with Crippen molar-refractivity contribution in [2.75, 3.05) is 10.0 Å². The molecule has 0 fully saturated rings. The molecule has 0 aromatic heterocycles. The lowest BCUT2D eigenvalue weighted by atomic mass is 9.88. The van der Waals surface area contributed by atoms with Crippen molar-refractivity contribution in [2.45, 2.75) is 24.7 Å². The predicted octanol–water partition coefficient (Wildman–Crippen LogP) is 5.64. The number of fused-ring (bicyclic) bond motifs is 2. The van der Waals surface area contributed by atoms with E-state index < -0.39 is 10.0 Å². The standard InChI is InChI=1S/C28H24N2O5S/c1-17(31)29-19-11-13-20(14-12-19)36(34,35)30-25-16-24(28(33)23-9-5-4-8-22(23)25)27-21-7-3-2-6-18(21)10-15-26(27)32/h3-5,7-16,30,32-33H,2,6H2,1H3,(H,29,31). The van der Waals surface area contributed by atoms with Crippen LogP contribution in [0.1, 0.15) is 24.5 Å². The van der Waals surface area contributed by atoms with Crippen molar-refractivity contribution in [1.29, 1.82) is 0 Å². The summed E-state index contributed by atoms with van der Waals surface area (Å²) in [6.45, 7) is 1.37. The summed E-state index contributed by atoms with van der Waals surface area (Å²) < 4.78 is 29.2. The smallest absolute Gasteiger partial charge is 0.261 e. The molecule has 0 unspecified atom stereocenters. The van der Waals surface area contributed by atoms with Gasteiger partial charge in [0.05, 0.1) is 10.6 Å². The number of nitrogens with one attached hydrogen (secondary N) is 2. The third kappa shape index (κ3) is 4.27. The molecular formula is C28H24N2O5S. The fourth-order valence-corrected chi connectivity index (χ4v) is 5.61. The van der Waals surface area contributed by atoms with Crippen LogP contribution in [0.4, 0.5) is 11.4 Å². The van der Waals surface area contributed by atoms with Crippen molar-refractivity contribution in [3.8, 4) is 22.6 Å². The van der Waals surface area contributed by atoms with E-state index in [9.17, 15) is 23.4 Å². The summed E-state index contributed by atoms with van der Waals surface area (Å²) in [5.74, 6) is -0.308. The second kappa shape index (κ2) is 9.05. The van der Waals surface area contributed by atoms with Gasteiger partial charge < -0.3 is 15.5 Å². The van der Waals surface area contributed by atoms with Crippen LogP contribution in [-0.4, -0.2) is 24.5 Å². The van der Waals surface area contributed by atoms with E-state index in [0.717, 1.165) is 24.0 Å². The maximum absolute atomic E-state index is 13.3. The number of amides is 1. The minimum absolute atomic E-state index is 0.00625. The Morgan fingerprint density at radius 1 is 0.944 bits per heavy atom. The SMILES string of the molecule is CC(=O)Nc1ccc(S(=O)(=O)Nc2cc(-c3c(O)ccc4c3C=CCC4)c(O)c3ccccc23)cc1. The molecule has 5 rings (SSSR count). The quantitative estimate of drug-likeness (QED) is 0.265. The van der Waals surface area contributed by atoms with Crippen LogP contribution in [0.2, 0.25) is 0 Å². The minimum Gasteiger partial charge on any atom is -0.507 e. The number of sulfonamides is 1. The van der Waals surface area contributed by atoms with E-state index in [2.05, 4.69) is 10.0 Å². The molecule has 4 aromatic carbocycles. The van der Waals surface area contributed by atoms with E-state index >= 15 is 0 Å². The van der Waals surface area contributed by atoms with Crippen molar-refractivity contribution < 1.29 is 23.4 Å². The summed E-state index contributed by atoms with van der Waals surface area (Å²) in [5.41, 5.74) is 3.37. The molecule has 0 saturated carbocycles. The van der Waals surface area contributed by atoms with Gasteiger partial charge in [-0.25, -0.2) is 8.42 Å². The van der Waals surface area contributed by atoms with E-state index in [4.69, 9.17) is 0 Å². The first kappa shape index (κ1) is 23.4. The van der Waals surface area contributed by atoms with Crippen molar-refractivity contribution in [2.24, 2.45) is 0 Å². The average Bonchev–Trinajstić information content (AvgIpc) is 2.86. The van der Waals surface area contributed by atoms with Crippen molar-refractivity contribution in [3.05, 3.63) is 83.9 Å². The Morgan fingerprint density at radius 2 is 1.67 bits per heavy atom. The fraction of sp³-hybridized carbons (Fsp3) is 0.107. The van der Waals surface area contributed by atoms with Gasteiger partial charge in [-0.05, 0) is 60.4 Å². The number of rotatable bonds is 5. The molecule has 0 heterocycles. The third-order valence-electron chi connectivity index (χ3n) is 6.19. The molecule has 1 aliphatic rings. The van der Waals surface area contributed by atoms with Gasteiger partial charge in [0.1, 0.15) is 11.5 Å². The summed E-state index contributed by atoms with van der Waals surface area (Å²) >= 11 is 0. The summed E-state index contributed by atoms with van der Waals surface area (Å²) in [4.78, 5) is 11.3. The highest BCUT2D eigenvalue weighted by Crippen LogP contribution is 2.46. The Hall–Kier alpha value is -4.30. The second-order valence-electron chi connectivity index (χ2n) is 8.65. The van der Waals surface area contributed by atoms with Gasteiger partial charge in [0.15, 0.2) is 0 Å². The van der Waals surface area contributed by atoms with Crippen LogP contribution < -0.4 is 10.0 Å². The van der Waals surface area contributed by atoms with Crippen LogP contribution in [-0.2, 0) is 21.2 Å². The Bertz CT molecular complexity index is 1640. The lowest BCUT2D eigenvalue weighted by molar-refractivity contribution is -0.114. The first-order valence-corrected chi connectivity index (χ1v) is 12.9. The highest BCUT2D eigenvalue weighted by atomic mass is 32.2. The van der Waals surface area contributed by atoms with Crippen LogP contribution in [0, 0.1) is 0 Å². The molecule has 182 valence electrons. The van der Waals surface area contributed by atoms with Gasteiger partial charge in [0.25, 0.3) is 10.0 Å². The lowest BCUT2D eigenvalue weighted by Crippen LogP contribution is -2.14. The number of allylic oxidation sites excluding steroid dienone is 1. The van der Waals surface area contributed by atoms with Crippen LogP contribution in [0.15, 0.2) is 77.7 Å². The average molecular weight is 501 g/mol. The summed E-state index contributed by atoms with van der Waals surface area (Å²) in [6, 6.07) is 17.8. The zero-order chi connectivity index (χ0) is 25.4. The van der Waals surface area contributed by atoms with Crippen molar-refractivity contribution >= 4 is 44.2 Å². The molecule has 0 bridgehead atoms. The molecule has 4 aromatic rings. The van der Waals surface area contributed by atoms with Gasteiger partial charge in [0.2, 0.25) is 5.91 Å². The molecular weight excluding hydrogens is 476 g/mol. The highest BCUT2D eigenvalue weighted by molar-refractivity contribution is 7.92. The Morgan fingerprint density at radius 3 is 2.39 bits per heavy atom. The van der Waals surface area contributed by atoms with E-state index in [-0.39, 0.29) is 28.0 Å². The molecule has 0 spiro atoms. The number of phenols is 2. The van der Waals surface area contributed by atoms with Crippen LogP contribution >= 0.6 is 0 Å². The van der Waals surface area contributed by atoms with Gasteiger partial charge in [-0.2, -0.15) is 0 Å². The number of aromatic hydroxyl groups is 2. The number of phenolic OH excluding ortho intramolecular Hbond substituents is 2. The predicted molar refractivity (Wildman–Crippen MR) is 142 cm³/mol. The molecule has 4 N–H and O–H groups in total. The van der Waals surface area contributed by atoms with Crippen molar-refractivity contribution in [3.63, 3.8) is 0 Å². The summed E-state index contributed by atoms with van der Waals surface area (Å²) in [7, 11) is -4.01. The number of anilines is 2. The van der Waals surface area contributed by atoms with Gasteiger partial charge >= 0.3 is 0 Å². The molecule has 0 atom stereocenters. The van der Waals surface area contributed by atoms with Crippen LogP contribution in [0.25, 0.3) is 28.0 Å². The largest absolute Gasteiger partial charge is 0.507 e. The molecule has 0 aliphatic heterocycles. The first-order chi connectivity index (χ1) is 17.2. The molecule has 36 heavy (non-hydrogen) atoms. The molecule has 8 heteroatoms. The summed E-state index contributed by atoms with van der Waals surface area (Å²) in [5, 5.41) is 25.6. The van der Waals surface area contributed by atoms with E-state index in [1.54, 1.807) is 36.4 Å². The van der Waals surface area contributed by atoms with E-state index in [0.29, 0.717) is 27.6 Å². The number of benzene rings is 4. The van der Waals surface area contributed by atoms with E-state index in [1.165, 1.54) is 31.2 Å². The maximum Gasteiger partial charge on any atom is 0.261 e. The monoisotopic (exact) mass is 500 g/mol. The second-order valence-corrected chi connectivity index (χ2v) is 10.3. The number of aryl methyl sites for hydroxylation is 1. The molecule has 1 aliphatic carbocycles. The number of hydrogen-bond acceptors (Lipinski definition) is 5. The van der Waals surface area contributed by atoms with Gasteiger partial charge in [0, 0.05) is 34.5 Å². The molecule has 0 saturated heterocycles. The lowest BCUT2D eigenvalue weighted by Gasteiger charge is -2.20. The topological polar surface area (TPSA) is 116 Å². The third-order valence-corrected chi connectivity index (χ3v) is 7.57. The van der Waals surface area contributed by atoms with Crippen molar-refractivity contribution in [1.82, 2.24) is 0 Å². The Kier molecular flexibility index (Phi) is 5.89. The number of carbonyl (C=O) groups excluding carboxylic acids is 1. The van der Waals surface area contributed by atoms with Gasteiger partial charge in [-0.1, -0.05) is 42.5 Å². The first-order valence-electron chi connectivity index (χ1n) is 11.4. The summed E-state index contributed by atoms with van der Waals surface area (Å²) in [6.07, 6.45) is 5.62. The van der Waals surface area contributed by atoms with Gasteiger partial charge in [-0.3, -0.25) is 9.52 Å². The normalized spacial score (nSPS) is 12.8. The molecule has 0 radical (unpaired) electrons. The number of hydrogen-bond donors (Lipinski definition) is 4. The van der Waals surface area contributed by atoms with Crippen LogP contribution in [0.3, 0.4) is 0 Å². The van der Waals surface area contributed by atoms with Crippen LogP contribution in [0.5, 0.6) is 11.5 Å². The Labute approximate surface area is 208 Å². The maximum atomic E-state index is 13.3. The van der Waals surface area contributed by atoms with E-state index in [1.807, 2.05) is 18.2 Å². The zero-order valence-corrected chi connectivity index (χ0v) is 20.3. The highest BCUT2D eigenvalue weighted by Gasteiger charge is 2.23. The van der Waals surface area contributed by atoms with Gasteiger partial charge in [-0.15, -0.1) is 0 Å².